The lowest BCUT2D eigenvalue weighted by atomic mass is 10.1. The molecule has 5 nitrogen and oxygen atoms in total. The molecule has 2 aromatic rings. The van der Waals surface area contributed by atoms with Crippen molar-refractivity contribution in [1.29, 1.82) is 0 Å². The van der Waals surface area contributed by atoms with Gasteiger partial charge in [-0.25, -0.2) is 0 Å². The van der Waals surface area contributed by atoms with Crippen molar-refractivity contribution in [1.82, 2.24) is 10.2 Å². The molecule has 1 amide bonds. The summed E-state index contributed by atoms with van der Waals surface area (Å²) in [6.45, 7) is 1.35. The van der Waals surface area contributed by atoms with Crippen molar-refractivity contribution >= 4 is 23.2 Å². The maximum Gasteiger partial charge on any atom is 0.387 e. The molecule has 1 N–H and O–H groups in total. The van der Waals surface area contributed by atoms with Crippen LogP contribution in [-0.4, -0.2) is 56.7 Å². The van der Waals surface area contributed by atoms with Gasteiger partial charge in [0, 0.05) is 43.4 Å². The summed E-state index contributed by atoms with van der Waals surface area (Å²) in [6, 6.07) is 14.2. The van der Waals surface area contributed by atoms with Crippen LogP contribution in [0, 0.1) is 0 Å². The van der Waals surface area contributed by atoms with Crippen LogP contribution in [0.2, 0.25) is 5.02 Å². The summed E-state index contributed by atoms with van der Waals surface area (Å²) < 4.78 is 28.6. The molecule has 156 valence electrons. The molecule has 0 bridgehead atoms. The first-order chi connectivity index (χ1) is 14.0. The quantitative estimate of drug-likeness (QED) is 0.706. The van der Waals surface area contributed by atoms with Crippen LogP contribution in [0.25, 0.3) is 0 Å². The summed E-state index contributed by atoms with van der Waals surface area (Å²) in [6.07, 6.45) is 0.628. The third kappa shape index (κ3) is 6.87. The molecule has 0 unspecified atom stereocenters. The summed E-state index contributed by atoms with van der Waals surface area (Å²) >= 11 is 6.06. The van der Waals surface area contributed by atoms with Gasteiger partial charge in [0.15, 0.2) is 0 Å². The lowest BCUT2D eigenvalue weighted by Gasteiger charge is -2.35. The second-order valence-electron chi connectivity index (χ2n) is 6.87. The first-order valence-corrected chi connectivity index (χ1v) is 9.91. The molecule has 0 aliphatic carbocycles. The zero-order chi connectivity index (χ0) is 20.6. The average molecular weight is 424 g/mol. The van der Waals surface area contributed by atoms with Gasteiger partial charge in [-0.3, -0.25) is 9.69 Å². The smallest absolute Gasteiger partial charge is 0.387 e. The topological polar surface area (TPSA) is 44.8 Å². The lowest BCUT2D eigenvalue weighted by Crippen LogP contribution is -2.49. The number of nitrogens with one attached hydrogen (secondary N) is 1. The van der Waals surface area contributed by atoms with Crippen LogP contribution in [0.4, 0.5) is 14.5 Å². The fourth-order valence-electron chi connectivity index (χ4n) is 3.28. The zero-order valence-corrected chi connectivity index (χ0v) is 16.7. The lowest BCUT2D eigenvalue weighted by molar-refractivity contribution is -0.122. The average Bonchev–Trinajstić information content (AvgIpc) is 2.69. The van der Waals surface area contributed by atoms with E-state index in [4.69, 9.17) is 11.6 Å². The standard InChI is InChI=1S/C21H24ClF2N3O2/c22-17-2-1-3-18(14-17)27-12-10-26(11-13-27)15-20(28)25-9-8-16-4-6-19(7-5-16)29-21(23)24/h1-7,14,21H,8-13,15H2,(H,25,28). The third-order valence-electron chi connectivity index (χ3n) is 4.80. The summed E-state index contributed by atoms with van der Waals surface area (Å²) in [4.78, 5) is 16.6. The number of nitrogens with zero attached hydrogens (tertiary/aromatic N) is 2. The molecule has 1 fully saturated rings. The number of rotatable bonds is 8. The van der Waals surface area contributed by atoms with Crippen molar-refractivity contribution in [3.05, 3.63) is 59.1 Å². The monoisotopic (exact) mass is 423 g/mol. The number of ether oxygens (including phenoxy) is 1. The number of hydrogen-bond donors (Lipinski definition) is 1. The molecule has 8 heteroatoms. The van der Waals surface area contributed by atoms with Gasteiger partial charge in [-0.15, -0.1) is 0 Å². The fraction of sp³-hybridized carbons (Fsp3) is 0.381. The van der Waals surface area contributed by atoms with E-state index in [-0.39, 0.29) is 11.7 Å². The van der Waals surface area contributed by atoms with Crippen molar-refractivity contribution in [3.8, 4) is 5.75 Å². The Hall–Kier alpha value is -2.38. The van der Waals surface area contributed by atoms with E-state index in [2.05, 4.69) is 19.9 Å². The normalized spacial score (nSPS) is 14.8. The van der Waals surface area contributed by atoms with E-state index < -0.39 is 6.61 Å². The number of alkyl halides is 2. The van der Waals surface area contributed by atoms with Crippen molar-refractivity contribution in [2.24, 2.45) is 0 Å². The molecule has 1 aliphatic heterocycles. The van der Waals surface area contributed by atoms with Gasteiger partial charge in [0.25, 0.3) is 0 Å². The molecule has 2 aromatic carbocycles. The summed E-state index contributed by atoms with van der Waals surface area (Å²) in [5, 5.41) is 3.64. The van der Waals surface area contributed by atoms with E-state index in [9.17, 15) is 13.6 Å². The van der Waals surface area contributed by atoms with Crippen LogP contribution in [0.1, 0.15) is 5.56 Å². The predicted octanol–water partition coefficient (Wildman–Crippen LogP) is 3.42. The van der Waals surface area contributed by atoms with Crippen LogP contribution in [0.15, 0.2) is 48.5 Å². The second kappa shape index (κ2) is 10.4. The molecule has 0 saturated carbocycles. The number of anilines is 1. The number of carbonyl (C=O) groups excluding carboxylic acids is 1. The maximum atomic E-state index is 12.2. The molecule has 1 aliphatic rings. The molecular formula is C21H24ClF2N3O2. The van der Waals surface area contributed by atoms with Crippen LogP contribution in [-0.2, 0) is 11.2 Å². The Bertz CT molecular complexity index is 797. The van der Waals surface area contributed by atoms with E-state index in [1.807, 2.05) is 24.3 Å². The fourth-order valence-corrected chi connectivity index (χ4v) is 3.46. The number of carbonyl (C=O) groups is 1. The largest absolute Gasteiger partial charge is 0.435 e. The summed E-state index contributed by atoms with van der Waals surface area (Å²) in [5.74, 6) is 0.114. The number of piperazine rings is 1. The SMILES string of the molecule is O=C(CN1CCN(c2cccc(Cl)c2)CC1)NCCc1ccc(OC(F)F)cc1. The summed E-state index contributed by atoms with van der Waals surface area (Å²) in [7, 11) is 0. The molecule has 0 radical (unpaired) electrons. The zero-order valence-electron chi connectivity index (χ0n) is 16.0. The van der Waals surface area contributed by atoms with E-state index in [1.54, 1.807) is 12.1 Å². The van der Waals surface area contributed by atoms with Gasteiger partial charge in [-0.05, 0) is 42.3 Å². The minimum absolute atomic E-state index is 0.0149. The van der Waals surface area contributed by atoms with Gasteiger partial charge in [0.1, 0.15) is 5.75 Å². The van der Waals surface area contributed by atoms with Gasteiger partial charge in [-0.2, -0.15) is 8.78 Å². The van der Waals surface area contributed by atoms with Gasteiger partial charge in [0.2, 0.25) is 5.91 Å². The third-order valence-corrected chi connectivity index (χ3v) is 5.03. The maximum absolute atomic E-state index is 12.2. The van der Waals surface area contributed by atoms with E-state index in [0.29, 0.717) is 19.5 Å². The Morgan fingerprint density at radius 2 is 1.83 bits per heavy atom. The highest BCUT2D eigenvalue weighted by atomic mass is 35.5. The van der Waals surface area contributed by atoms with Crippen molar-refractivity contribution in [2.75, 3.05) is 44.2 Å². The van der Waals surface area contributed by atoms with Gasteiger partial charge < -0.3 is 15.0 Å². The molecule has 0 spiro atoms. The predicted molar refractivity (Wildman–Crippen MR) is 110 cm³/mol. The molecule has 0 atom stereocenters. The minimum atomic E-state index is -2.83. The van der Waals surface area contributed by atoms with Crippen molar-refractivity contribution in [2.45, 2.75) is 13.0 Å². The number of hydrogen-bond acceptors (Lipinski definition) is 4. The van der Waals surface area contributed by atoms with Crippen molar-refractivity contribution < 1.29 is 18.3 Å². The molecule has 1 saturated heterocycles. The van der Waals surface area contributed by atoms with E-state index in [1.165, 1.54) is 12.1 Å². The minimum Gasteiger partial charge on any atom is -0.435 e. The van der Waals surface area contributed by atoms with Gasteiger partial charge in [0.05, 0.1) is 6.54 Å². The first kappa shape index (κ1) is 21.3. The van der Waals surface area contributed by atoms with Gasteiger partial charge in [-0.1, -0.05) is 29.8 Å². The van der Waals surface area contributed by atoms with Crippen LogP contribution in [0.5, 0.6) is 5.75 Å². The van der Waals surface area contributed by atoms with E-state index >= 15 is 0 Å². The second-order valence-corrected chi connectivity index (χ2v) is 7.30. The highest BCUT2D eigenvalue weighted by molar-refractivity contribution is 6.30. The Balaban J connectivity index is 1.35. The van der Waals surface area contributed by atoms with Crippen LogP contribution in [0.3, 0.4) is 0 Å². The van der Waals surface area contributed by atoms with Crippen molar-refractivity contribution in [3.63, 3.8) is 0 Å². The highest BCUT2D eigenvalue weighted by Crippen LogP contribution is 2.20. The molecule has 3 rings (SSSR count). The first-order valence-electron chi connectivity index (χ1n) is 9.53. The Morgan fingerprint density at radius 1 is 1.10 bits per heavy atom. The number of amides is 1. The number of benzene rings is 2. The summed E-state index contributed by atoms with van der Waals surface area (Å²) in [5.41, 5.74) is 2.05. The number of halogens is 3. The molecular weight excluding hydrogens is 400 g/mol. The highest BCUT2D eigenvalue weighted by Gasteiger charge is 2.19. The molecule has 29 heavy (non-hydrogen) atoms. The molecule has 1 heterocycles. The Morgan fingerprint density at radius 3 is 2.48 bits per heavy atom. The Labute approximate surface area is 174 Å². The van der Waals surface area contributed by atoms with Crippen LogP contribution >= 0.6 is 11.6 Å². The van der Waals surface area contributed by atoms with Gasteiger partial charge >= 0.3 is 6.61 Å². The van der Waals surface area contributed by atoms with E-state index in [0.717, 1.165) is 42.5 Å². The van der Waals surface area contributed by atoms with Crippen LogP contribution < -0.4 is 15.0 Å². The molecule has 0 aromatic heterocycles. The Kier molecular flexibility index (Phi) is 7.66.